The minimum atomic E-state index is -0.125. The Balaban J connectivity index is 1.57. The van der Waals surface area contributed by atoms with Gasteiger partial charge in [0.1, 0.15) is 0 Å². The van der Waals surface area contributed by atoms with Gasteiger partial charge >= 0.3 is 0 Å². The number of fused-ring (bicyclic) bond motifs is 7. The van der Waals surface area contributed by atoms with Crippen molar-refractivity contribution >= 4 is 0 Å². The van der Waals surface area contributed by atoms with Gasteiger partial charge in [-0.05, 0) is 114 Å². The van der Waals surface area contributed by atoms with Crippen molar-refractivity contribution in [2.24, 2.45) is 50.2 Å². The first kappa shape index (κ1) is 22.5. The summed E-state index contributed by atoms with van der Waals surface area (Å²) >= 11 is 0. The first-order chi connectivity index (χ1) is 14.2. The minimum absolute atomic E-state index is 0.0533. The highest BCUT2D eigenvalue weighted by molar-refractivity contribution is 5.33. The van der Waals surface area contributed by atoms with Crippen LogP contribution in [0.5, 0.6) is 0 Å². The largest absolute Gasteiger partial charge is 0.393 e. The molecular weight excluding hydrogens is 376 g/mol. The summed E-state index contributed by atoms with van der Waals surface area (Å²) in [6.07, 6.45) is 15.9. The molecule has 1 N–H and O–H groups in total. The van der Waals surface area contributed by atoms with E-state index in [0.29, 0.717) is 33.0 Å². The number of hydrogen-bond donors (Lipinski definition) is 1. The van der Waals surface area contributed by atoms with Gasteiger partial charge in [0.15, 0.2) is 0 Å². The molecule has 0 aliphatic heterocycles. The van der Waals surface area contributed by atoms with Gasteiger partial charge in [-0.2, -0.15) is 0 Å². The van der Waals surface area contributed by atoms with Crippen LogP contribution in [0.15, 0.2) is 11.6 Å². The SMILES string of the molecule is CC1(C)CC[C@]2(C)CC[C@]3(C)C(=CC[C@@H]4[C@@]5(C)CCC(O)C(C)(C)[C@@H]5CC[C@]43C)[C@@H]2C1. The molecule has 0 amide bonds. The van der Waals surface area contributed by atoms with Crippen molar-refractivity contribution in [1.29, 1.82) is 0 Å². The molecule has 0 aromatic carbocycles. The van der Waals surface area contributed by atoms with E-state index >= 15 is 0 Å². The summed E-state index contributed by atoms with van der Waals surface area (Å²) in [5.41, 5.74) is 4.09. The van der Waals surface area contributed by atoms with Gasteiger partial charge in [-0.3, -0.25) is 0 Å². The normalized spacial score (nSPS) is 55.2. The zero-order chi connectivity index (χ0) is 22.7. The third-order valence-corrected chi connectivity index (χ3v) is 13.0. The van der Waals surface area contributed by atoms with E-state index in [1.54, 1.807) is 0 Å². The summed E-state index contributed by atoms with van der Waals surface area (Å²) in [6.45, 7) is 20.4. The molecule has 0 spiro atoms. The van der Waals surface area contributed by atoms with Crippen molar-refractivity contribution in [2.75, 3.05) is 0 Å². The molecular formula is C30H50O. The average Bonchev–Trinajstić information content (AvgIpc) is 2.67. The summed E-state index contributed by atoms with van der Waals surface area (Å²) in [6, 6.07) is 0. The van der Waals surface area contributed by atoms with Gasteiger partial charge in [0.05, 0.1) is 6.10 Å². The fourth-order valence-electron chi connectivity index (χ4n) is 10.5. The van der Waals surface area contributed by atoms with Crippen LogP contribution in [-0.4, -0.2) is 11.2 Å². The number of allylic oxidation sites excluding steroid dienone is 2. The average molecular weight is 427 g/mol. The van der Waals surface area contributed by atoms with Crippen molar-refractivity contribution in [2.45, 2.75) is 126 Å². The van der Waals surface area contributed by atoms with Crippen LogP contribution < -0.4 is 0 Å². The second kappa shape index (κ2) is 6.43. The fourth-order valence-corrected chi connectivity index (χ4v) is 10.5. The van der Waals surface area contributed by atoms with E-state index in [0.717, 1.165) is 18.3 Å². The van der Waals surface area contributed by atoms with Crippen LogP contribution in [0.1, 0.15) is 120 Å². The molecule has 5 aliphatic rings. The summed E-state index contributed by atoms with van der Waals surface area (Å²) < 4.78 is 0. The Morgan fingerprint density at radius 1 is 0.774 bits per heavy atom. The number of hydrogen-bond acceptors (Lipinski definition) is 1. The van der Waals surface area contributed by atoms with E-state index in [1.807, 2.05) is 5.57 Å². The third kappa shape index (κ3) is 2.77. The Hall–Kier alpha value is -0.300. The zero-order valence-corrected chi connectivity index (χ0v) is 21.9. The highest BCUT2D eigenvalue weighted by Crippen LogP contribution is 2.75. The van der Waals surface area contributed by atoms with Crippen LogP contribution in [0.25, 0.3) is 0 Å². The van der Waals surface area contributed by atoms with Crippen LogP contribution >= 0.6 is 0 Å². The van der Waals surface area contributed by atoms with Gasteiger partial charge in [-0.1, -0.05) is 67.0 Å². The Bertz CT molecular complexity index is 790. The molecule has 1 heteroatoms. The molecule has 8 atom stereocenters. The number of aliphatic hydroxyl groups is 1. The molecule has 0 aromatic rings. The van der Waals surface area contributed by atoms with Crippen LogP contribution in [-0.2, 0) is 0 Å². The molecule has 4 fully saturated rings. The molecule has 0 saturated heterocycles. The Kier molecular flexibility index (Phi) is 4.66. The predicted molar refractivity (Wildman–Crippen MR) is 131 cm³/mol. The van der Waals surface area contributed by atoms with Gasteiger partial charge in [-0.15, -0.1) is 0 Å². The minimum Gasteiger partial charge on any atom is -0.393 e. The summed E-state index contributed by atoms with van der Waals surface area (Å²) in [5.74, 6) is 2.21. The fraction of sp³-hybridized carbons (Fsp3) is 0.933. The van der Waals surface area contributed by atoms with Crippen molar-refractivity contribution in [3.63, 3.8) is 0 Å². The Labute approximate surface area is 192 Å². The molecule has 0 aromatic heterocycles. The third-order valence-electron chi connectivity index (χ3n) is 13.0. The second-order valence-electron chi connectivity index (χ2n) is 15.2. The summed E-state index contributed by atoms with van der Waals surface area (Å²) in [4.78, 5) is 0. The van der Waals surface area contributed by atoms with Crippen molar-refractivity contribution in [3.05, 3.63) is 11.6 Å². The Morgan fingerprint density at radius 3 is 2.16 bits per heavy atom. The van der Waals surface area contributed by atoms with Gasteiger partial charge < -0.3 is 5.11 Å². The Morgan fingerprint density at radius 2 is 1.45 bits per heavy atom. The number of rotatable bonds is 0. The maximum absolute atomic E-state index is 10.9. The number of aliphatic hydroxyl groups excluding tert-OH is 1. The van der Waals surface area contributed by atoms with E-state index in [4.69, 9.17) is 0 Å². The second-order valence-corrected chi connectivity index (χ2v) is 15.2. The van der Waals surface area contributed by atoms with Crippen molar-refractivity contribution in [3.8, 4) is 0 Å². The molecule has 0 heterocycles. The quantitative estimate of drug-likeness (QED) is 0.387. The first-order valence-corrected chi connectivity index (χ1v) is 13.6. The molecule has 0 bridgehead atoms. The molecule has 0 radical (unpaired) electrons. The maximum atomic E-state index is 10.9. The van der Waals surface area contributed by atoms with Gasteiger partial charge in [0.2, 0.25) is 0 Å². The molecule has 1 nitrogen and oxygen atoms in total. The molecule has 4 saturated carbocycles. The van der Waals surface area contributed by atoms with E-state index in [1.165, 1.54) is 57.8 Å². The lowest BCUT2D eigenvalue weighted by molar-refractivity contribution is -0.202. The van der Waals surface area contributed by atoms with Crippen molar-refractivity contribution in [1.82, 2.24) is 0 Å². The topological polar surface area (TPSA) is 20.2 Å². The van der Waals surface area contributed by atoms with Crippen LogP contribution in [0.3, 0.4) is 0 Å². The van der Waals surface area contributed by atoms with Crippen LogP contribution in [0, 0.1) is 50.2 Å². The van der Waals surface area contributed by atoms with Gasteiger partial charge in [0, 0.05) is 0 Å². The zero-order valence-electron chi connectivity index (χ0n) is 21.9. The molecule has 176 valence electrons. The lowest BCUT2D eigenvalue weighted by Gasteiger charge is -2.71. The highest BCUT2D eigenvalue weighted by Gasteiger charge is 2.67. The predicted octanol–water partition coefficient (Wildman–Crippen LogP) is 8.17. The lowest BCUT2D eigenvalue weighted by Crippen LogP contribution is -2.64. The van der Waals surface area contributed by atoms with E-state index in [-0.39, 0.29) is 11.5 Å². The summed E-state index contributed by atoms with van der Waals surface area (Å²) in [5, 5.41) is 10.9. The van der Waals surface area contributed by atoms with Gasteiger partial charge in [-0.25, -0.2) is 0 Å². The van der Waals surface area contributed by atoms with E-state index < -0.39 is 0 Å². The lowest BCUT2D eigenvalue weighted by atomic mass is 9.33. The summed E-state index contributed by atoms with van der Waals surface area (Å²) in [7, 11) is 0. The highest BCUT2D eigenvalue weighted by atomic mass is 16.3. The van der Waals surface area contributed by atoms with Crippen molar-refractivity contribution < 1.29 is 5.11 Å². The molecule has 31 heavy (non-hydrogen) atoms. The van der Waals surface area contributed by atoms with Crippen LogP contribution in [0.4, 0.5) is 0 Å². The maximum Gasteiger partial charge on any atom is 0.0594 e. The standard InChI is InChI=1S/C30H50O/c1-25(2)15-16-27(5)17-18-29(7)20(21(27)19-25)9-10-23-28(6)13-12-24(31)26(3,4)22(28)11-14-30(23,29)8/h9,21-24,31H,10-19H2,1-8H3/t21-,22-,23+,24?,27+,28-,29+,30+/m0/s1. The van der Waals surface area contributed by atoms with E-state index in [2.05, 4.69) is 61.5 Å². The molecule has 1 unspecified atom stereocenters. The van der Waals surface area contributed by atoms with Crippen LogP contribution in [0.2, 0.25) is 0 Å². The smallest absolute Gasteiger partial charge is 0.0594 e. The van der Waals surface area contributed by atoms with Gasteiger partial charge in [0.25, 0.3) is 0 Å². The first-order valence-electron chi connectivity index (χ1n) is 13.6. The molecule has 5 aliphatic carbocycles. The monoisotopic (exact) mass is 426 g/mol. The molecule has 5 rings (SSSR count). The van der Waals surface area contributed by atoms with E-state index in [9.17, 15) is 5.11 Å².